The second-order valence-electron chi connectivity index (χ2n) is 4.23. The van der Waals surface area contributed by atoms with Crippen molar-refractivity contribution >= 4 is 11.8 Å². The standard InChI is InChI=1S/C13H17NO3/c1-9(2)12(13(16)17)14-8-11(15)10-6-4-3-5-7-10/h3-7,9,12,14H,8H2,1-2H3,(H,16,17)/t12-/m0/s1. The van der Waals surface area contributed by atoms with Gasteiger partial charge in [0.05, 0.1) is 6.54 Å². The molecule has 0 saturated carbocycles. The molecule has 0 aromatic heterocycles. The van der Waals surface area contributed by atoms with Crippen LogP contribution in [0.25, 0.3) is 0 Å². The lowest BCUT2D eigenvalue weighted by Crippen LogP contribution is -2.43. The minimum atomic E-state index is -0.930. The number of aliphatic carboxylic acids is 1. The number of carbonyl (C=O) groups is 2. The van der Waals surface area contributed by atoms with Gasteiger partial charge in [0.1, 0.15) is 6.04 Å². The average molecular weight is 235 g/mol. The molecule has 0 aliphatic carbocycles. The number of carbonyl (C=O) groups excluding carboxylic acids is 1. The molecule has 0 spiro atoms. The number of ketones is 1. The van der Waals surface area contributed by atoms with Gasteiger partial charge in [-0.05, 0) is 5.92 Å². The first-order valence-electron chi connectivity index (χ1n) is 5.57. The summed E-state index contributed by atoms with van der Waals surface area (Å²) in [6.07, 6.45) is 0. The van der Waals surface area contributed by atoms with E-state index in [1.54, 1.807) is 38.1 Å². The molecule has 0 radical (unpaired) electrons. The summed E-state index contributed by atoms with van der Waals surface area (Å²) in [6, 6.07) is 8.14. The Bertz CT molecular complexity index is 387. The monoisotopic (exact) mass is 235 g/mol. The van der Waals surface area contributed by atoms with Crippen molar-refractivity contribution in [2.24, 2.45) is 5.92 Å². The Balaban J connectivity index is 2.56. The topological polar surface area (TPSA) is 66.4 Å². The first-order valence-corrected chi connectivity index (χ1v) is 5.57. The van der Waals surface area contributed by atoms with Gasteiger partial charge in [-0.1, -0.05) is 44.2 Å². The highest BCUT2D eigenvalue weighted by Crippen LogP contribution is 2.03. The van der Waals surface area contributed by atoms with Crippen molar-refractivity contribution in [3.8, 4) is 0 Å². The summed E-state index contributed by atoms with van der Waals surface area (Å²) in [4.78, 5) is 22.7. The van der Waals surface area contributed by atoms with E-state index in [1.807, 2.05) is 6.07 Å². The lowest BCUT2D eigenvalue weighted by atomic mass is 10.0. The number of nitrogens with one attached hydrogen (secondary N) is 1. The van der Waals surface area contributed by atoms with Crippen LogP contribution in [0.5, 0.6) is 0 Å². The van der Waals surface area contributed by atoms with Crippen molar-refractivity contribution in [3.05, 3.63) is 35.9 Å². The molecule has 1 rings (SSSR count). The van der Waals surface area contributed by atoms with E-state index >= 15 is 0 Å². The van der Waals surface area contributed by atoms with E-state index in [-0.39, 0.29) is 18.2 Å². The van der Waals surface area contributed by atoms with Crippen LogP contribution in [0.15, 0.2) is 30.3 Å². The van der Waals surface area contributed by atoms with Crippen molar-refractivity contribution in [3.63, 3.8) is 0 Å². The Morgan fingerprint density at radius 2 is 1.82 bits per heavy atom. The van der Waals surface area contributed by atoms with Crippen LogP contribution >= 0.6 is 0 Å². The van der Waals surface area contributed by atoms with Gasteiger partial charge in [-0.2, -0.15) is 0 Å². The SMILES string of the molecule is CC(C)[C@H](NCC(=O)c1ccccc1)C(=O)O. The molecule has 4 nitrogen and oxygen atoms in total. The van der Waals surface area contributed by atoms with Crippen LogP contribution in [0.2, 0.25) is 0 Å². The van der Waals surface area contributed by atoms with E-state index in [4.69, 9.17) is 5.11 Å². The second-order valence-corrected chi connectivity index (χ2v) is 4.23. The Morgan fingerprint density at radius 3 is 2.29 bits per heavy atom. The minimum Gasteiger partial charge on any atom is -0.480 e. The molecule has 1 atom stereocenters. The number of Topliss-reactive ketones (excluding diaryl/α,β-unsaturated/α-hetero) is 1. The zero-order valence-electron chi connectivity index (χ0n) is 10.0. The van der Waals surface area contributed by atoms with E-state index in [0.29, 0.717) is 5.56 Å². The third-order valence-electron chi connectivity index (χ3n) is 2.51. The van der Waals surface area contributed by atoms with Crippen molar-refractivity contribution in [2.45, 2.75) is 19.9 Å². The fourth-order valence-corrected chi connectivity index (χ4v) is 1.54. The van der Waals surface area contributed by atoms with Crippen LogP contribution in [0.1, 0.15) is 24.2 Å². The van der Waals surface area contributed by atoms with E-state index in [9.17, 15) is 9.59 Å². The Kier molecular flexibility index (Phi) is 4.84. The minimum absolute atomic E-state index is 0.0408. The summed E-state index contributed by atoms with van der Waals surface area (Å²) in [5.41, 5.74) is 0.591. The maximum absolute atomic E-state index is 11.7. The molecule has 2 N–H and O–H groups in total. The molecule has 0 aliphatic rings. The molecule has 0 unspecified atom stereocenters. The predicted octanol–water partition coefficient (Wildman–Crippen LogP) is 1.57. The van der Waals surface area contributed by atoms with Crippen LogP contribution in [-0.4, -0.2) is 29.4 Å². The molecule has 1 aromatic carbocycles. The number of carboxylic acid groups (broad SMARTS) is 1. The Morgan fingerprint density at radius 1 is 1.24 bits per heavy atom. The van der Waals surface area contributed by atoms with Crippen molar-refractivity contribution < 1.29 is 14.7 Å². The van der Waals surface area contributed by atoms with Gasteiger partial charge in [-0.3, -0.25) is 14.9 Å². The van der Waals surface area contributed by atoms with Crippen molar-refractivity contribution in [1.29, 1.82) is 0 Å². The largest absolute Gasteiger partial charge is 0.480 e. The fraction of sp³-hybridized carbons (Fsp3) is 0.385. The normalized spacial score (nSPS) is 12.4. The van der Waals surface area contributed by atoms with E-state index < -0.39 is 12.0 Å². The first-order chi connectivity index (χ1) is 8.02. The maximum Gasteiger partial charge on any atom is 0.320 e. The highest BCUT2D eigenvalue weighted by molar-refractivity contribution is 5.97. The molecule has 0 fully saturated rings. The van der Waals surface area contributed by atoms with Crippen LogP contribution in [0, 0.1) is 5.92 Å². The zero-order valence-corrected chi connectivity index (χ0v) is 10.0. The quantitative estimate of drug-likeness (QED) is 0.734. The molecule has 92 valence electrons. The van der Waals surface area contributed by atoms with E-state index in [1.165, 1.54) is 0 Å². The number of rotatable bonds is 6. The zero-order chi connectivity index (χ0) is 12.8. The highest BCUT2D eigenvalue weighted by atomic mass is 16.4. The summed E-state index contributed by atoms with van der Waals surface area (Å²) in [6.45, 7) is 3.65. The van der Waals surface area contributed by atoms with Gasteiger partial charge in [0.2, 0.25) is 0 Å². The van der Waals surface area contributed by atoms with Gasteiger partial charge < -0.3 is 5.11 Å². The second kappa shape index (κ2) is 6.15. The van der Waals surface area contributed by atoms with Crippen LogP contribution in [-0.2, 0) is 4.79 Å². The van der Waals surface area contributed by atoms with Crippen LogP contribution in [0.3, 0.4) is 0 Å². The molecule has 0 saturated heterocycles. The van der Waals surface area contributed by atoms with Gasteiger partial charge in [0.25, 0.3) is 0 Å². The molecular formula is C13H17NO3. The Labute approximate surface area is 101 Å². The van der Waals surface area contributed by atoms with E-state index in [2.05, 4.69) is 5.32 Å². The van der Waals surface area contributed by atoms with E-state index in [0.717, 1.165) is 0 Å². The summed E-state index contributed by atoms with van der Waals surface area (Å²) in [5, 5.41) is 11.7. The van der Waals surface area contributed by atoms with Gasteiger partial charge >= 0.3 is 5.97 Å². The van der Waals surface area contributed by atoms with Gasteiger partial charge in [-0.15, -0.1) is 0 Å². The number of hydrogen-bond donors (Lipinski definition) is 2. The van der Waals surface area contributed by atoms with Gasteiger partial charge in [-0.25, -0.2) is 0 Å². The van der Waals surface area contributed by atoms with Crippen molar-refractivity contribution in [2.75, 3.05) is 6.54 Å². The molecule has 0 heterocycles. The summed E-state index contributed by atoms with van der Waals surface area (Å²) in [5.74, 6) is -1.09. The lowest BCUT2D eigenvalue weighted by Gasteiger charge is -2.17. The number of carboxylic acids is 1. The first kappa shape index (κ1) is 13.4. The molecule has 1 aromatic rings. The molecular weight excluding hydrogens is 218 g/mol. The van der Waals surface area contributed by atoms with Crippen LogP contribution < -0.4 is 5.32 Å². The van der Waals surface area contributed by atoms with Crippen LogP contribution in [0.4, 0.5) is 0 Å². The highest BCUT2D eigenvalue weighted by Gasteiger charge is 2.21. The third-order valence-corrected chi connectivity index (χ3v) is 2.51. The maximum atomic E-state index is 11.7. The number of benzene rings is 1. The lowest BCUT2D eigenvalue weighted by molar-refractivity contribution is -0.140. The third kappa shape index (κ3) is 4.00. The summed E-state index contributed by atoms with van der Waals surface area (Å²) in [7, 11) is 0. The van der Waals surface area contributed by atoms with Crippen molar-refractivity contribution in [1.82, 2.24) is 5.32 Å². The summed E-state index contributed by atoms with van der Waals surface area (Å²) >= 11 is 0. The molecule has 0 amide bonds. The Hall–Kier alpha value is -1.68. The average Bonchev–Trinajstić information content (AvgIpc) is 2.29. The van der Waals surface area contributed by atoms with Gasteiger partial charge in [0.15, 0.2) is 5.78 Å². The fourth-order valence-electron chi connectivity index (χ4n) is 1.54. The predicted molar refractivity (Wildman–Crippen MR) is 65.0 cm³/mol. The molecule has 0 bridgehead atoms. The molecule has 4 heteroatoms. The summed E-state index contributed by atoms with van der Waals surface area (Å²) < 4.78 is 0. The molecule has 0 aliphatic heterocycles. The smallest absolute Gasteiger partial charge is 0.320 e. The molecule has 17 heavy (non-hydrogen) atoms. The number of hydrogen-bond acceptors (Lipinski definition) is 3. The van der Waals surface area contributed by atoms with Gasteiger partial charge in [0, 0.05) is 5.56 Å².